The molecule has 1 heterocycles. The number of aromatic nitrogens is 2. The number of aliphatic imine (C=N–C) groups is 1. The first-order valence-electron chi connectivity index (χ1n) is 6.90. The molecule has 0 bridgehead atoms. The molecule has 2 N–H and O–H groups in total. The second kappa shape index (κ2) is 8.05. The summed E-state index contributed by atoms with van der Waals surface area (Å²) in [6.07, 6.45) is 5.68. The van der Waals surface area contributed by atoms with Gasteiger partial charge in [0.05, 0.1) is 11.2 Å². The normalized spacial score (nSPS) is 12.1. The van der Waals surface area contributed by atoms with Gasteiger partial charge in [0.15, 0.2) is 5.82 Å². The number of benzene rings is 1. The van der Waals surface area contributed by atoms with Gasteiger partial charge in [0.1, 0.15) is 11.3 Å². The van der Waals surface area contributed by atoms with Crippen LogP contribution in [0.3, 0.4) is 0 Å². The topological polar surface area (TPSA) is 87.5 Å². The Morgan fingerprint density at radius 2 is 2.17 bits per heavy atom. The predicted molar refractivity (Wildman–Crippen MR) is 89.9 cm³/mol. The summed E-state index contributed by atoms with van der Waals surface area (Å²) in [5, 5.41) is 13.4. The van der Waals surface area contributed by atoms with Crippen molar-refractivity contribution in [1.29, 1.82) is 0 Å². The fourth-order valence-corrected chi connectivity index (χ4v) is 2.00. The number of hydrogen-bond donors (Lipinski definition) is 2. The van der Waals surface area contributed by atoms with Crippen LogP contribution in [0.2, 0.25) is 5.02 Å². The summed E-state index contributed by atoms with van der Waals surface area (Å²) >= 11 is 6.07. The fourth-order valence-electron chi connectivity index (χ4n) is 1.77. The second-order valence-electron chi connectivity index (χ2n) is 4.42. The molecule has 0 unspecified atom stereocenters. The number of likely N-dealkylation sites (N-methyl/N-ethyl adjacent to an activating group) is 1. The minimum atomic E-state index is -0.461. The van der Waals surface area contributed by atoms with Crippen molar-refractivity contribution < 1.29 is 9.90 Å². The molecule has 6 nitrogen and oxygen atoms in total. The van der Waals surface area contributed by atoms with Crippen molar-refractivity contribution in [2.24, 2.45) is 4.99 Å². The number of hydrogen-bond acceptors (Lipinski definition) is 5. The van der Waals surface area contributed by atoms with Crippen molar-refractivity contribution in [3.63, 3.8) is 0 Å². The van der Waals surface area contributed by atoms with E-state index in [9.17, 15) is 9.90 Å². The maximum atomic E-state index is 12.2. The molecule has 2 aromatic rings. The van der Waals surface area contributed by atoms with Crippen LogP contribution in [0.1, 0.15) is 12.5 Å². The minimum absolute atomic E-state index is 0.00870. The Balaban J connectivity index is 2.45. The highest BCUT2D eigenvalue weighted by Gasteiger charge is 2.16. The lowest BCUT2D eigenvalue weighted by Gasteiger charge is -2.08. The molecule has 0 fully saturated rings. The smallest absolute Gasteiger partial charge is 0.256 e. The molecular weight excluding hydrogens is 316 g/mol. The van der Waals surface area contributed by atoms with Crippen molar-refractivity contribution in [2.75, 3.05) is 6.54 Å². The lowest BCUT2D eigenvalue weighted by atomic mass is 10.1. The molecule has 1 aromatic carbocycles. The highest BCUT2D eigenvalue weighted by Crippen LogP contribution is 2.24. The summed E-state index contributed by atoms with van der Waals surface area (Å²) < 4.78 is 0. The van der Waals surface area contributed by atoms with E-state index < -0.39 is 5.91 Å². The Morgan fingerprint density at radius 1 is 1.39 bits per heavy atom. The Hall–Kier alpha value is -2.73. The molecule has 1 amide bonds. The standard InChI is InChI=1S/C16H15ClN4O2/c1-2-19-16(23)12(9-21-14-10-18-7-8-20-14)15(22)11-5-3-4-6-13(11)17/h3-10,22H,2H2,1H3,(H,19,23)/b15-12+,21-9?. The molecule has 0 atom stereocenters. The summed E-state index contributed by atoms with van der Waals surface area (Å²) in [6, 6.07) is 6.69. The SMILES string of the molecule is CCNC(=O)/C(C=Nc1cnccn1)=C(/O)c1ccccc1Cl. The summed E-state index contributed by atoms with van der Waals surface area (Å²) in [7, 11) is 0. The molecule has 0 aliphatic carbocycles. The number of aliphatic hydroxyl groups is 1. The lowest BCUT2D eigenvalue weighted by Crippen LogP contribution is -2.26. The van der Waals surface area contributed by atoms with Crippen molar-refractivity contribution in [1.82, 2.24) is 15.3 Å². The zero-order chi connectivity index (χ0) is 16.7. The summed E-state index contributed by atoms with van der Waals surface area (Å²) in [4.78, 5) is 24.1. The number of amides is 1. The molecule has 1 aromatic heterocycles. The molecule has 0 saturated heterocycles. The van der Waals surface area contributed by atoms with Gasteiger partial charge >= 0.3 is 0 Å². The van der Waals surface area contributed by atoms with Crippen LogP contribution in [0.5, 0.6) is 0 Å². The largest absolute Gasteiger partial charge is 0.506 e. The Kier molecular flexibility index (Phi) is 5.82. The van der Waals surface area contributed by atoms with E-state index >= 15 is 0 Å². The molecule has 118 valence electrons. The van der Waals surface area contributed by atoms with Crippen LogP contribution in [0, 0.1) is 0 Å². The van der Waals surface area contributed by atoms with Crippen molar-refractivity contribution in [2.45, 2.75) is 6.92 Å². The fraction of sp³-hybridized carbons (Fsp3) is 0.125. The van der Waals surface area contributed by atoms with Gasteiger partial charge in [0.25, 0.3) is 5.91 Å². The number of nitrogens with zero attached hydrogens (tertiary/aromatic N) is 3. The average molecular weight is 331 g/mol. The Bertz CT molecular complexity index is 745. The molecule has 0 saturated carbocycles. The molecule has 0 spiro atoms. The van der Waals surface area contributed by atoms with E-state index in [1.54, 1.807) is 31.2 Å². The van der Waals surface area contributed by atoms with E-state index in [0.29, 0.717) is 22.9 Å². The van der Waals surface area contributed by atoms with Gasteiger partial charge in [0.2, 0.25) is 0 Å². The Morgan fingerprint density at radius 3 is 2.83 bits per heavy atom. The highest BCUT2D eigenvalue weighted by molar-refractivity contribution is 6.32. The maximum Gasteiger partial charge on any atom is 0.256 e. The third-order valence-electron chi connectivity index (χ3n) is 2.84. The monoisotopic (exact) mass is 330 g/mol. The van der Waals surface area contributed by atoms with Crippen LogP contribution in [-0.4, -0.2) is 33.7 Å². The van der Waals surface area contributed by atoms with Crippen LogP contribution >= 0.6 is 11.6 Å². The first-order chi connectivity index (χ1) is 11.1. The highest BCUT2D eigenvalue weighted by atomic mass is 35.5. The third-order valence-corrected chi connectivity index (χ3v) is 3.17. The van der Waals surface area contributed by atoms with E-state index in [-0.39, 0.29) is 11.3 Å². The van der Waals surface area contributed by atoms with Crippen LogP contribution < -0.4 is 5.32 Å². The predicted octanol–water partition coefficient (Wildman–Crippen LogP) is 2.94. The molecule has 0 aliphatic rings. The van der Waals surface area contributed by atoms with Crippen LogP contribution in [-0.2, 0) is 4.79 Å². The molecular formula is C16H15ClN4O2. The first-order valence-corrected chi connectivity index (χ1v) is 7.27. The van der Waals surface area contributed by atoms with E-state index in [1.165, 1.54) is 24.8 Å². The summed E-state index contributed by atoms with van der Waals surface area (Å²) in [6.45, 7) is 2.19. The molecule has 23 heavy (non-hydrogen) atoms. The van der Waals surface area contributed by atoms with Crippen LogP contribution in [0.4, 0.5) is 5.82 Å². The minimum Gasteiger partial charge on any atom is -0.506 e. The number of nitrogens with one attached hydrogen (secondary N) is 1. The molecule has 7 heteroatoms. The third kappa shape index (κ3) is 4.37. The number of aliphatic hydroxyl groups excluding tert-OH is 1. The van der Waals surface area contributed by atoms with Crippen molar-refractivity contribution >= 4 is 35.3 Å². The van der Waals surface area contributed by atoms with E-state index in [4.69, 9.17) is 11.6 Å². The van der Waals surface area contributed by atoms with Gasteiger partial charge in [-0.3, -0.25) is 9.78 Å². The molecule has 2 rings (SSSR count). The summed E-state index contributed by atoms with van der Waals surface area (Å²) in [5.74, 6) is -0.395. The van der Waals surface area contributed by atoms with E-state index in [0.717, 1.165) is 0 Å². The van der Waals surface area contributed by atoms with Gasteiger partial charge in [-0.15, -0.1) is 0 Å². The van der Waals surface area contributed by atoms with Crippen LogP contribution in [0.25, 0.3) is 5.76 Å². The van der Waals surface area contributed by atoms with Gasteiger partial charge in [-0.05, 0) is 19.1 Å². The van der Waals surface area contributed by atoms with E-state index in [2.05, 4.69) is 20.3 Å². The number of halogens is 1. The second-order valence-corrected chi connectivity index (χ2v) is 4.83. The average Bonchev–Trinajstić information content (AvgIpc) is 2.56. The Labute approximate surface area is 138 Å². The molecule has 0 aliphatic heterocycles. The first kappa shape index (κ1) is 16.6. The number of carbonyl (C=O) groups excluding carboxylic acids is 1. The van der Waals surface area contributed by atoms with Gasteiger partial charge in [-0.1, -0.05) is 23.7 Å². The van der Waals surface area contributed by atoms with Gasteiger partial charge in [-0.2, -0.15) is 0 Å². The van der Waals surface area contributed by atoms with Crippen molar-refractivity contribution in [3.05, 3.63) is 59.0 Å². The number of carbonyl (C=O) groups is 1. The zero-order valence-electron chi connectivity index (χ0n) is 12.4. The molecule has 0 radical (unpaired) electrons. The van der Waals surface area contributed by atoms with Crippen molar-refractivity contribution in [3.8, 4) is 0 Å². The van der Waals surface area contributed by atoms with Gasteiger partial charge < -0.3 is 10.4 Å². The van der Waals surface area contributed by atoms with Gasteiger partial charge in [-0.25, -0.2) is 9.98 Å². The zero-order valence-corrected chi connectivity index (χ0v) is 13.2. The maximum absolute atomic E-state index is 12.2. The lowest BCUT2D eigenvalue weighted by molar-refractivity contribution is -0.116. The summed E-state index contributed by atoms with van der Waals surface area (Å²) in [5.41, 5.74) is 0.339. The van der Waals surface area contributed by atoms with Gasteiger partial charge in [0, 0.05) is 30.7 Å². The quantitative estimate of drug-likeness (QED) is 0.501. The van der Waals surface area contributed by atoms with Crippen LogP contribution in [0.15, 0.2) is 53.4 Å². The van der Waals surface area contributed by atoms with E-state index in [1.807, 2.05) is 0 Å². The number of rotatable bonds is 5.